The van der Waals surface area contributed by atoms with Crippen LogP contribution in [0.1, 0.15) is 37.3 Å². The van der Waals surface area contributed by atoms with Gasteiger partial charge in [-0.15, -0.1) is 0 Å². The Bertz CT molecular complexity index is 892. The van der Waals surface area contributed by atoms with Crippen molar-refractivity contribution in [3.63, 3.8) is 0 Å². The second-order valence-corrected chi connectivity index (χ2v) is 7.96. The molecule has 0 aliphatic carbocycles. The molecule has 0 radical (unpaired) electrons. The minimum Gasteiger partial charge on any atom is -0.497 e. The number of methoxy groups -OCH3 is 1. The molecule has 29 heavy (non-hydrogen) atoms. The molecule has 0 aromatic heterocycles. The first-order chi connectivity index (χ1) is 13.9. The standard InChI is InChI=1S/C23H30N4O2/c1-23(2,17-8-7-9-18(13-17)29-4)15-26-22(24-3)25-14-16-12-21(28)27-20-11-6-5-10-19(16)20/h5-11,13,16H,12,14-15H2,1-4H3,(H,27,28)(H2,24,25,26). The number of benzene rings is 2. The fourth-order valence-electron chi connectivity index (χ4n) is 3.58. The number of anilines is 1. The first kappa shape index (κ1) is 20.7. The molecule has 2 aromatic carbocycles. The summed E-state index contributed by atoms with van der Waals surface area (Å²) >= 11 is 0. The summed E-state index contributed by atoms with van der Waals surface area (Å²) in [4.78, 5) is 16.4. The second-order valence-electron chi connectivity index (χ2n) is 7.96. The topological polar surface area (TPSA) is 74.8 Å². The minimum absolute atomic E-state index is 0.0533. The van der Waals surface area contributed by atoms with Crippen LogP contribution in [0.3, 0.4) is 0 Å². The Morgan fingerprint density at radius 2 is 2.00 bits per heavy atom. The third-order valence-corrected chi connectivity index (χ3v) is 5.40. The molecule has 1 atom stereocenters. The number of hydrogen-bond acceptors (Lipinski definition) is 3. The number of ether oxygens (including phenoxy) is 1. The lowest BCUT2D eigenvalue weighted by Gasteiger charge is -2.29. The van der Waals surface area contributed by atoms with Crippen LogP contribution in [0, 0.1) is 0 Å². The molecule has 3 N–H and O–H groups in total. The molecular weight excluding hydrogens is 364 g/mol. The second kappa shape index (κ2) is 8.99. The van der Waals surface area contributed by atoms with E-state index in [1.165, 1.54) is 5.56 Å². The molecule has 1 aliphatic heterocycles. The van der Waals surface area contributed by atoms with Gasteiger partial charge in [-0.25, -0.2) is 0 Å². The van der Waals surface area contributed by atoms with Crippen molar-refractivity contribution in [2.45, 2.75) is 31.6 Å². The SMILES string of the molecule is CN=C(NCC1CC(=O)Nc2ccccc21)NCC(C)(C)c1cccc(OC)c1. The lowest BCUT2D eigenvalue weighted by atomic mass is 9.84. The monoisotopic (exact) mass is 394 g/mol. The van der Waals surface area contributed by atoms with E-state index in [-0.39, 0.29) is 17.2 Å². The highest BCUT2D eigenvalue weighted by atomic mass is 16.5. The number of amides is 1. The van der Waals surface area contributed by atoms with E-state index in [0.717, 1.165) is 23.0 Å². The number of carbonyl (C=O) groups is 1. The quantitative estimate of drug-likeness (QED) is 0.519. The summed E-state index contributed by atoms with van der Waals surface area (Å²) < 4.78 is 5.35. The summed E-state index contributed by atoms with van der Waals surface area (Å²) in [5.41, 5.74) is 3.14. The molecule has 1 heterocycles. The van der Waals surface area contributed by atoms with Gasteiger partial charge >= 0.3 is 0 Å². The number of nitrogens with one attached hydrogen (secondary N) is 3. The highest BCUT2D eigenvalue weighted by molar-refractivity contribution is 5.94. The average Bonchev–Trinajstić information content (AvgIpc) is 2.73. The number of hydrogen-bond donors (Lipinski definition) is 3. The van der Waals surface area contributed by atoms with Crippen LogP contribution < -0.4 is 20.7 Å². The third kappa shape index (κ3) is 5.08. The molecule has 3 rings (SSSR count). The van der Waals surface area contributed by atoms with Crippen molar-refractivity contribution in [2.75, 3.05) is 32.6 Å². The van der Waals surface area contributed by atoms with Crippen LogP contribution in [-0.2, 0) is 10.2 Å². The Labute approximate surface area is 172 Å². The molecule has 0 saturated heterocycles. The zero-order valence-electron chi connectivity index (χ0n) is 17.6. The Kier molecular flexibility index (Phi) is 6.42. The molecule has 0 fully saturated rings. The van der Waals surface area contributed by atoms with E-state index in [4.69, 9.17) is 4.74 Å². The molecule has 0 spiro atoms. The summed E-state index contributed by atoms with van der Waals surface area (Å²) in [6.45, 7) is 5.72. The predicted octanol–water partition coefficient (Wildman–Crippen LogP) is 3.26. The van der Waals surface area contributed by atoms with Gasteiger partial charge in [0.1, 0.15) is 5.75 Å². The van der Waals surface area contributed by atoms with E-state index in [1.54, 1.807) is 14.2 Å². The zero-order valence-corrected chi connectivity index (χ0v) is 17.6. The fourth-order valence-corrected chi connectivity index (χ4v) is 3.58. The number of fused-ring (bicyclic) bond motifs is 1. The van der Waals surface area contributed by atoms with E-state index < -0.39 is 0 Å². The Balaban J connectivity index is 1.61. The Morgan fingerprint density at radius 3 is 2.76 bits per heavy atom. The van der Waals surface area contributed by atoms with E-state index in [1.807, 2.05) is 30.3 Å². The van der Waals surface area contributed by atoms with E-state index in [2.05, 4.69) is 53.0 Å². The molecule has 1 aliphatic rings. The smallest absolute Gasteiger partial charge is 0.225 e. The maximum Gasteiger partial charge on any atom is 0.225 e. The fraction of sp³-hybridized carbons (Fsp3) is 0.391. The maximum atomic E-state index is 12.0. The summed E-state index contributed by atoms with van der Waals surface area (Å²) in [5, 5.41) is 9.74. The number of rotatable bonds is 6. The van der Waals surface area contributed by atoms with Gasteiger partial charge in [0.25, 0.3) is 0 Å². The Hall–Kier alpha value is -3.02. The summed E-state index contributed by atoms with van der Waals surface area (Å²) in [7, 11) is 3.44. The molecular formula is C23H30N4O2. The highest BCUT2D eigenvalue weighted by Crippen LogP contribution is 2.31. The number of aliphatic imine (C=N–C) groups is 1. The zero-order chi connectivity index (χ0) is 20.9. The lowest BCUT2D eigenvalue weighted by molar-refractivity contribution is -0.116. The van der Waals surface area contributed by atoms with E-state index >= 15 is 0 Å². The van der Waals surface area contributed by atoms with E-state index in [9.17, 15) is 4.79 Å². The van der Waals surface area contributed by atoms with Gasteiger partial charge in [0.05, 0.1) is 7.11 Å². The van der Waals surface area contributed by atoms with Crippen LogP contribution in [-0.4, -0.2) is 39.1 Å². The molecule has 6 nitrogen and oxygen atoms in total. The van der Waals surface area contributed by atoms with Gasteiger partial charge in [-0.3, -0.25) is 9.79 Å². The van der Waals surface area contributed by atoms with Crippen molar-refractivity contribution in [2.24, 2.45) is 4.99 Å². The third-order valence-electron chi connectivity index (χ3n) is 5.40. The molecule has 6 heteroatoms. The van der Waals surface area contributed by atoms with Crippen molar-refractivity contribution in [3.05, 3.63) is 59.7 Å². The first-order valence-corrected chi connectivity index (χ1v) is 9.91. The van der Waals surface area contributed by atoms with Crippen LogP contribution in [0.5, 0.6) is 5.75 Å². The molecule has 0 bridgehead atoms. The molecule has 1 unspecified atom stereocenters. The Morgan fingerprint density at radius 1 is 1.21 bits per heavy atom. The summed E-state index contributed by atoms with van der Waals surface area (Å²) in [5.74, 6) is 1.75. The summed E-state index contributed by atoms with van der Waals surface area (Å²) in [6.07, 6.45) is 0.469. The van der Waals surface area contributed by atoms with Gasteiger partial charge in [0, 0.05) is 43.6 Å². The average molecular weight is 395 g/mol. The van der Waals surface area contributed by atoms with Crippen molar-refractivity contribution in [3.8, 4) is 5.75 Å². The molecule has 154 valence electrons. The number of guanidine groups is 1. The van der Waals surface area contributed by atoms with Gasteiger partial charge in [-0.2, -0.15) is 0 Å². The predicted molar refractivity (Wildman–Crippen MR) is 118 cm³/mol. The summed E-state index contributed by atoms with van der Waals surface area (Å²) in [6, 6.07) is 16.1. The minimum atomic E-state index is -0.108. The van der Waals surface area contributed by atoms with Gasteiger partial charge < -0.3 is 20.7 Å². The van der Waals surface area contributed by atoms with Gasteiger partial charge in [0.15, 0.2) is 5.96 Å². The normalized spacial score (nSPS) is 16.6. The highest BCUT2D eigenvalue weighted by Gasteiger charge is 2.25. The molecule has 2 aromatic rings. The number of para-hydroxylation sites is 1. The van der Waals surface area contributed by atoms with Crippen LogP contribution >= 0.6 is 0 Å². The van der Waals surface area contributed by atoms with Crippen molar-refractivity contribution in [1.29, 1.82) is 0 Å². The number of nitrogens with zero attached hydrogens (tertiary/aromatic N) is 1. The largest absolute Gasteiger partial charge is 0.497 e. The maximum absolute atomic E-state index is 12.0. The van der Waals surface area contributed by atoms with Crippen LogP contribution in [0.15, 0.2) is 53.5 Å². The van der Waals surface area contributed by atoms with Gasteiger partial charge in [-0.05, 0) is 29.3 Å². The van der Waals surface area contributed by atoms with Gasteiger partial charge in [0.2, 0.25) is 5.91 Å². The number of carbonyl (C=O) groups excluding carboxylic acids is 1. The van der Waals surface area contributed by atoms with Crippen LogP contribution in [0.2, 0.25) is 0 Å². The van der Waals surface area contributed by atoms with Crippen molar-refractivity contribution in [1.82, 2.24) is 10.6 Å². The van der Waals surface area contributed by atoms with Crippen molar-refractivity contribution < 1.29 is 9.53 Å². The lowest BCUT2D eigenvalue weighted by Crippen LogP contribution is -2.45. The van der Waals surface area contributed by atoms with Crippen molar-refractivity contribution >= 4 is 17.6 Å². The van der Waals surface area contributed by atoms with E-state index in [0.29, 0.717) is 19.5 Å². The molecule has 1 amide bonds. The van der Waals surface area contributed by atoms with Gasteiger partial charge in [-0.1, -0.05) is 44.2 Å². The van der Waals surface area contributed by atoms with Crippen LogP contribution in [0.25, 0.3) is 0 Å². The first-order valence-electron chi connectivity index (χ1n) is 9.91. The van der Waals surface area contributed by atoms with Crippen LogP contribution in [0.4, 0.5) is 5.69 Å². The molecule has 0 saturated carbocycles.